The number of hydrogen-bond acceptors (Lipinski definition) is 3. The van der Waals surface area contributed by atoms with Gasteiger partial charge in [0.15, 0.2) is 0 Å². The van der Waals surface area contributed by atoms with Crippen molar-refractivity contribution in [3.8, 4) is 0 Å². The lowest BCUT2D eigenvalue weighted by Gasteiger charge is -2.26. The Kier molecular flexibility index (Phi) is 6.10. The average Bonchev–Trinajstić information content (AvgIpc) is 3.18. The standard InChI is InChI=1S/C23H32N4O/c1-2-18-6-8-19(9-7-18)20-10-11-22-25-21(17-27(22)16-20)23(28)24-12-15-26-13-4-3-5-14-26/h6-9,17,20H,2-5,10-16H2,1H3,(H,24,28)/t20-/m0/s1. The van der Waals surface area contributed by atoms with Crippen LogP contribution >= 0.6 is 0 Å². The van der Waals surface area contributed by atoms with Crippen molar-refractivity contribution < 1.29 is 4.79 Å². The summed E-state index contributed by atoms with van der Waals surface area (Å²) in [6, 6.07) is 9.00. The molecule has 1 amide bonds. The molecular weight excluding hydrogens is 348 g/mol. The highest BCUT2D eigenvalue weighted by molar-refractivity contribution is 5.92. The maximum atomic E-state index is 12.5. The Morgan fingerprint density at radius 2 is 1.96 bits per heavy atom. The number of nitrogens with one attached hydrogen (secondary N) is 1. The molecule has 2 aliphatic rings. The number of aromatic nitrogens is 2. The summed E-state index contributed by atoms with van der Waals surface area (Å²) in [7, 11) is 0. The van der Waals surface area contributed by atoms with Crippen LogP contribution in [0, 0.1) is 0 Å². The molecule has 0 radical (unpaired) electrons. The van der Waals surface area contributed by atoms with Gasteiger partial charge >= 0.3 is 0 Å². The summed E-state index contributed by atoms with van der Waals surface area (Å²) in [5.74, 6) is 1.51. The second-order valence-electron chi connectivity index (χ2n) is 8.18. The first-order valence-corrected chi connectivity index (χ1v) is 10.9. The highest BCUT2D eigenvalue weighted by Gasteiger charge is 2.23. The Balaban J connectivity index is 1.33. The molecule has 5 heteroatoms. The van der Waals surface area contributed by atoms with Gasteiger partial charge in [-0.2, -0.15) is 0 Å². The van der Waals surface area contributed by atoms with Gasteiger partial charge < -0.3 is 14.8 Å². The van der Waals surface area contributed by atoms with E-state index in [-0.39, 0.29) is 5.91 Å². The number of likely N-dealkylation sites (tertiary alicyclic amines) is 1. The van der Waals surface area contributed by atoms with Gasteiger partial charge in [0.05, 0.1) is 0 Å². The number of nitrogens with zero attached hydrogens (tertiary/aromatic N) is 3. The topological polar surface area (TPSA) is 50.2 Å². The summed E-state index contributed by atoms with van der Waals surface area (Å²) < 4.78 is 2.18. The molecule has 0 bridgehead atoms. The Labute approximate surface area is 168 Å². The molecule has 0 spiro atoms. The first-order chi connectivity index (χ1) is 13.7. The third-order valence-corrected chi connectivity index (χ3v) is 6.25. The second kappa shape index (κ2) is 8.91. The summed E-state index contributed by atoms with van der Waals surface area (Å²) in [6.45, 7) is 7.06. The number of carbonyl (C=O) groups is 1. The number of hydrogen-bond donors (Lipinski definition) is 1. The lowest BCUT2D eigenvalue weighted by atomic mass is 9.91. The summed E-state index contributed by atoms with van der Waals surface area (Å²) in [5, 5.41) is 3.05. The molecule has 1 fully saturated rings. The zero-order valence-corrected chi connectivity index (χ0v) is 17.0. The zero-order chi connectivity index (χ0) is 19.3. The van der Waals surface area contributed by atoms with Crippen LogP contribution in [0.15, 0.2) is 30.5 Å². The van der Waals surface area contributed by atoms with E-state index in [0.717, 1.165) is 51.3 Å². The first kappa shape index (κ1) is 19.2. The molecule has 1 aromatic heterocycles. The van der Waals surface area contributed by atoms with Crippen LogP contribution in [-0.2, 0) is 19.4 Å². The molecule has 4 rings (SSSR count). The molecule has 3 heterocycles. The smallest absolute Gasteiger partial charge is 0.271 e. The molecule has 2 aromatic rings. The minimum atomic E-state index is -0.0391. The minimum Gasteiger partial charge on any atom is -0.349 e. The number of benzene rings is 1. The van der Waals surface area contributed by atoms with Crippen LogP contribution in [0.3, 0.4) is 0 Å². The fourth-order valence-electron chi connectivity index (χ4n) is 4.45. The molecule has 0 aliphatic carbocycles. The summed E-state index contributed by atoms with van der Waals surface area (Å²) in [5.41, 5.74) is 3.34. The molecular formula is C23H32N4O. The SMILES string of the molecule is CCc1ccc([C@H]2CCc3nc(C(=O)NCCN4CCCCC4)cn3C2)cc1. The Hall–Kier alpha value is -2.14. The van der Waals surface area contributed by atoms with Gasteiger partial charge in [-0.05, 0) is 49.9 Å². The largest absolute Gasteiger partial charge is 0.349 e. The third-order valence-electron chi connectivity index (χ3n) is 6.25. The Morgan fingerprint density at radius 1 is 1.18 bits per heavy atom. The van der Waals surface area contributed by atoms with Gasteiger partial charge in [0.25, 0.3) is 5.91 Å². The average molecular weight is 381 g/mol. The number of aryl methyl sites for hydroxylation is 2. The van der Waals surface area contributed by atoms with Gasteiger partial charge in [-0.3, -0.25) is 4.79 Å². The Morgan fingerprint density at radius 3 is 2.71 bits per heavy atom. The van der Waals surface area contributed by atoms with Crippen LogP contribution in [0.5, 0.6) is 0 Å². The number of carbonyl (C=O) groups excluding carboxylic acids is 1. The van der Waals surface area contributed by atoms with E-state index in [0.29, 0.717) is 18.2 Å². The highest BCUT2D eigenvalue weighted by Crippen LogP contribution is 2.29. The van der Waals surface area contributed by atoms with Crippen molar-refractivity contribution >= 4 is 5.91 Å². The summed E-state index contributed by atoms with van der Waals surface area (Å²) in [4.78, 5) is 19.6. The normalized spacial score (nSPS) is 20.0. The van der Waals surface area contributed by atoms with Crippen LogP contribution in [0.2, 0.25) is 0 Å². The van der Waals surface area contributed by atoms with Crippen molar-refractivity contribution in [1.29, 1.82) is 0 Å². The quantitative estimate of drug-likeness (QED) is 0.836. The molecule has 1 saturated heterocycles. The first-order valence-electron chi connectivity index (χ1n) is 10.9. The number of fused-ring (bicyclic) bond motifs is 1. The van der Waals surface area contributed by atoms with E-state index >= 15 is 0 Å². The van der Waals surface area contributed by atoms with Gasteiger partial charge in [0.2, 0.25) is 0 Å². The fraction of sp³-hybridized carbons (Fsp3) is 0.565. The van der Waals surface area contributed by atoms with Crippen molar-refractivity contribution in [3.63, 3.8) is 0 Å². The molecule has 1 N–H and O–H groups in total. The van der Waals surface area contributed by atoms with Crippen molar-refractivity contribution in [3.05, 3.63) is 53.1 Å². The summed E-state index contributed by atoms with van der Waals surface area (Å²) in [6.07, 6.45) is 8.95. The monoisotopic (exact) mass is 380 g/mol. The fourth-order valence-corrected chi connectivity index (χ4v) is 4.45. The molecule has 0 saturated carbocycles. The van der Waals surface area contributed by atoms with Crippen molar-refractivity contribution in [2.75, 3.05) is 26.2 Å². The molecule has 150 valence electrons. The maximum Gasteiger partial charge on any atom is 0.271 e. The van der Waals surface area contributed by atoms with Gasteiger partial charge in [-0.1, -0.05) is 37.6 Å². The van der Waals surface area contributed by atoms with Crippen LogP contribution in [-0.4, -0.2) is 46.5 Å². The van der Waals surface area contributed by atoms with Gasteiger partial charge in [0, 0.05) is 38.2 Å². The lowest BCUT2D eigenvalue weighted by molar-refractivity contribution is 0.0942. The molecule has 2 aliphatic heterocycles. The third kappa shape index (κ3) is 4.46. The molecule has 28 heavy (non-hydrogen) atoms. The van der Waals surface area contributed by atoms with Crippen LogP contribution in [0.4, 0.5) is 0 Å². The predicted molar refractivity (Wildman–Crippen MR) is 112 cm³/mol. The van der Waals surface area contributed by atoms with E-state index in [1.54, 1.807) is 0 Å². The van der Waals surface area contributed by atoms with Crippen molar-refractivity contribution in [2.45, 2.75) is 57.9 Å². The van der Waals surface area contributed by atoms with Gasteiger partial charge in [-0.15, -0.1) is 0 Å². The molecule has 1 aromatic carbocycles. The van der Waals surface area contributed by atoms with E-state index in [4.69, 9.17) is 0 Å². The Bertz CT molecular complexity index is 789. The predicted octanol–water partition coefficient (Wildman–Crippen LogP) is 3.39. The van der Waals surface area contributed by atoms with Gasteiger partial charge in [0.1, 0.15) is 11.5 Å². The molecule has 5 nitrogen and oxygen atoms in total. The van der Waals surface area contributed by atoms with Crippen LogP contribution < -0.4 is 5.32 Å². The van der Waals surface area contributed by atoms with Crippen LogP contribution in [0.1, 0.15) is 66.0 Å². The number of imidazole rings is 1. The van der Waals surface area contributed by atoms with E-state index < -0.39 is 0 Å². The maximum absolute atomic E-state index is 12.5. The zero-order valence-electron chi connectivity index (χ0n) is 17.0. The van der Waals surface area contributed by atoms with E-state index in [9.17, 15) is 4.79 Å². The number of rotatable bonds is 6. The van der Waals surface area contributed by atoms with Crippen molar-refractivity contribution in [2.24, 2.45) is 0 Å². The minimum absolute atomic E-state index is 0.0391. The van der Waals surface area contributed by atoms with Crippen LogP contribution in [0.25, 0.3) is 0 Å². The highest BCUT2D eigenvalue weighted by atomic mass is 16.1. The molecule has 1 atom stereocenters. The van der Waals surface area contributed by atoms with Gasteiger partial charge in [-0.25, -0.2) is 4.98 Å². The van der Waals surface area contributed by atoms with E-state index in [2.05, 4.69) is 51.0 Å². The number of amides is 1. The van der Waals surface area contributed by atoms with E-state index in [1.807, 2.05) is 6.20 Å². The molecule has 0 unspecified atom stereocenters. The lowest BCUT2D eigenvalue weighted by Crippen LogP contribution is -2.37. The van der Waals surface area contributed by atoms with Crippen molar-refractivity contribution in [1.82, 2.24) is 19.8 Å². The second-order valence-corrected chi connectivity index (χ2v) is 8.18. The number of piperidine rings is 1. The van der Waals surface area contributed by atoms with E-state index in [1.165, 1.54) is 30.4 Å². The summed E-state index contributed by atoms with van der Waals surface area (Å²) >= 11 is 0.